The summed E-state index contributed by atoms with van der Waals surface area (Å²) in [6.07, 6.45) is 2.05. The van der Waals surface area contributed by atoms with Crippen LogP contribution in [0.25, 0.3) is 0 Å². The Morgan fingerprint density at radius 1 is 1.38 bits per heavy atom. The van der Waals surface area contributed by atoms with Gasteiger partial charge in [-0.25, -0.2) is 4.39 Å². The van der Waals surface area contributed by atoms with Crippen LogP contribution in [0.15, 0.2) is 24.3 Å². The van der Waals surface area contributed by atoms with Crippen LogP contribution >= 0.6 is 12.4 Å². The highest BCUT2D eigenvalue weighted by Crippen LogP contribution is 2.36. The summed E-state index contributed by atoms with van der Waals surface area (Å²) >= 11 is 0. The molecule has 0 radical (unpaired) electrons. The zero-order chi connectivity index (χ0) is 14.7. The number of carbonyl (C=O) groups excluding carboxylic acids is 1. The zero-order valence-electron chi connectivity index (χ0n) is 12.8. The molecule has 1 aliphatic carbocycles. The molecule has 1 aliphatic rings. The average molecular weight is 315 g/mol. The van der Waals surface area contributed by atoms with Crippen molar-refractivity contribution < 1.29 is 9.18 Å². The van der Waals surface area contributed by atoms with Crippen LogP contribution < -0.4 is 5.32 Å². The highest BCUT2D eigenvalue weighted by molar-refractivity contribution is 5.85. The second kappa shape index (κ2) is 7.76. The summed E-state index contributed by atoms with van der Waals surface area (Å²) in [5, 5.41) is 3.03. The normalized spacial score (nSPS) is 16.8. The highest BCUT2D eigenvalue weighted by Gasteiger charge is 2.38. The number of nitrogens with one attached hydrogen (secondary N) is 1. The molecule has 1 aromatic rings. The third kappa shape index (κ3) is 4.17. The van der Waals surface area contributed by atoms with Gasteiger partial charge in [0, 0.05) is 24.1 Å². The van der Waals surface area contributed by atoms with Crippen LogP contribution in [0.2, 0.25) is 0 Å². The number of hydrogen-bond acceptors (Lipinski definition) is 2. The quantitative estimate of drug-likeness (QED) is 0.875. The Labute approximate surface area is 132 Å². The molecule has 0 heterocycles. The molecule has 1 aromatic carbocycles. The van der Waals surface area contributed by atoms with Gasteiger partial charge >= 0.3 is 0 Å². The lowest BCUT2D eigenvalue weighted by Gasteiger charge is -2.32. The van der Waals surface area contributed by atoms with Gasteiger partial charge in [-0.15, -0.1) is 12.4 Å². The standard InChI is InChI=1S/C16H23FN2O.ClH/c1-11(10-18-3)16(20)19(13-8-9-13)12(2)14-6-4-5-7-15(14)17;/h4-7,11-13,18H,8-10H2,1-3H3;1H. The Morgan fingerprint density at radius 2 is 2.00 bits per heavy atom. The molecule has 0 bridgehead atoms. The topological polar surface area (TPSA) is 32.3 Å². The van der Waals surface area contributed by atoms with Gasteiger partial charge in [0.05, 0.1) is 6.04 Å². The molecular weight excluding hydrogens is 291 g/mol. The molecule has 0 saturated heterocycles. The minimum Gasteiger partial charge on any atom is -0.333 e. The Bertz CT molecular complexity index is 479. The molecule has 2 unspecified atom stereocenters. The maximum absolute atomic E-state index is 13.9. The predicted octanol–water partition coefficient (Wildman–Crippen LogP) is 3.16. The van der Waals surface area contributed by atoms with Gasteiger partial charge in [-0.2, -0.15) is 0 Å². The van der Waals surface area contributed by atoms with E-state index in [1.54, 1.807) is 12.1 Å². The van der Waals surface area contributed by atoms with Crippen molar-refractivity contribution in [1.82, 2.24) is 10.2 Å². The largest absolute Gasteiger partial charge is 0.333 e. The van der Waals surface area contributed by atoms with Gasteiger partial charge in [0.15, 0.2) is 0 Å². The van der Waals surface area contributed by atoms with Crippen molar-refractivity contribution in [2.75, 3.05) is 13.6 Å². The molecule has 2 rings (SSSR count). The van der Waals surface area contributed by atoms with Crippen LogP contribution in [0.5, 0.6) is 0 Å². The molecule has 118 valence electrons. The molecule has 1 amide bonds. The summed E-state index contributed by atoms with van der Waals surface area (Å²) < 4.78 is 13.9. The second-order valence-corrected chi connectivity index (χ2v) is 5.63. The first kappa shape index (κ1) is 17.9. The molecule has 1 fully saturated rings. The summed E-state index contributed by atoms with van der Waals surface area (Å²) in [4.78, 5) is 14.5. The molecule has 1 N–H and O–H groups in total. The van der Waals surface area contributed by atoms with Gasteiger partial charge in [-0.1, -0.05) is 25.1 Å². The van der Waals surface area contributed by atoms with Gasteiger partial charge in [0.2, 0.25) is 5.91 Å². The van der Waals surface area contributed by atoms with Crippen LogP contribution in [0.3, 0.4) is 0 Å². The van der Waals surface area contributed by atoms with Gasteiger partial charge in [0.1, 0.15) is 5.82 Å². The van der Waals surface area contributed by atoms with E-state index >= 15 is 0 Å². The van der Waals surface area contributed by atoms with Crippen molar-refractivity contribution in [3.05, 3.63) is 35.6 Å². The predicted molar refractivity (Wildman–Crippen MR) is 85.0 cm³/mol. The van der Waals surface area contributed by atoms with Crippen LogP contribution in [0.4, 0.5) is 4.39 Å². The Balaban J connectivity index is 0.00000220. The van der Waals surface area contributed by atoms with Crippen molar-refractivity contribution >= 4 is 18.3 Å². The van der Waals surface area contributed by atoms with E-state index in [2.05, 4.69) is 5.32 Å². The monoisotopic (exact) mass is 314 g/mol. The second-order valence-electron chi connectivity index (χ2n) is 5.63. The van der Waals surface area contributed by atoms with Gasteiger partial charge in [-0.05, 0) is 32.9 Å². The van der Waals surface area contributed by atoms with Gasteiger partial charge < -0.3 is 10.2 Å². The van der Waals surface area contributed by atoms with Crippen LogP contribution in [-0.2, 0) is 4.79 Å². The minimum absolute atomic E-state index is 0. The van der Waals surface area contributed by atoms with Crippen molar-refractivity contribution in [2.24, 2.45) is 5.92 Å². The minimum atomic E-state index is -0.236. The number of hydrogen-bond donors (Lipinski definition) is 1. The van der Waals surface area contributed by atoms with Crippen LogP contribution in [0, 0.1) is 11.7 Å². The number of benzene rings is 1. The first-order valence-electron chi connectivity index (χ1n) is 7.27. The molecule has 1 saturated carbocycles. The molecule has 0 aromatic heterocycles. The summed E-state index contributed by atoms with van der Waals surface area (Å²) in [6.45, 7) is 4.48. The number of amides is 1. The number of rotatable bonds is 6. The van der Waals surface area contributed by atoms with Gasteiger partial charge in [0.25, 0.3) is 0 Å². The van der Waals surface area contributed by atoms with Crippen molar-refractivity contribution in [3.8, 4) is 0 Å². The van der Waals surface area contributed by atoms with E-state index in [0.29, 0.717) is 12.1 Å². The molecule has 0 aliphatic heterocycles. The third-order valence-electron chi connectivity index (χ3n) is 3.90. The fraction of sp³-hybridized carbons (Fsp3) is 0.562. The molecule has 5 heteroatoms. The van der Waals surface area contributed by atoms with E-state index in [4.69, 9.17) is 0 Å². The lowest BCUT2D eigenvalue weighted by atomic mass is 10.0. The first-order chi connectivity index (χ1) is 9.56. The number of halogens is 2. The van der Waals surface area contributed by atoms with E-state index in [1.165, 1.54) is 6.07 Å². The van der Waals surface area contributed by atoms with E-state index < -0.39 is 0 Å². The average Bonchev–Trinajstić information content (AvgIpc) is 3.24. The molecule has 2 atom stereocenters. The third-order valence-corrected chi connectivity index (χ3v) is 3.90. The van der Waals surface area contributed by atoms with E-state index in [1.807, 2.05) is 31.9 Å². The lowest BCUT2D eigenvalue weighted by Crippen LogP contribution is -2.41. The molecule has 21 heavy (non-hydrogen) atoms. The fourth-order valence-corrected chi connectivity index (χ4v) is 2.65. The smallest absolute Gasteiger partial charge is 0.227 e. The maximum Gasteiger partial charge on any atom is 0.227 e. The van der Waals surface area contributed by atoms with Crippen LogP contribution in [-0.4, -0.2) is 30.4 Å². The Kier molecular flexibility index (Phi) is 6.62. The molecule has 0 spiro atoms. The van der Waals surface area contributed by atoms with Crippen molar-refractivity contribution in [2.45, 2.75) is 38.8 Å². The summed E-state index contributed by atoms with van der Waals surface area (Å²) in [5.41, 5.74) is 0.601. The Hall–Kier alpha value is -1.13. The van der Waals surface area contributed by atoms with Crippen LogP contribution in [0.1, 0.15) is 38.3 Å². The lowest BCUT2D eigenvalue weighted by molar-refractivity contribution is -0.137. The summed E-state index contributed by atoms with van der Waals surface area (Å²) in [5.74, 6) is -0.216. The number of nitrogens with zero attached hydrogens (tertiary/aromatic N) is 1. The van der Waals surface area contributed by atoms with Crippen molar-refractivity contribution in [1.29, 1.82) is 0 Å². The highest BCUT2D eigenvalue weighted by atomic mass is 35.5. The van der Waals surface area contributed by atoms with E-state index in [-0.39, 0.29) is 42.1 Å². The molecular formula is C16H24ClFN2O. The maximum atomic E-state index is 13.9. The SMILES string of the molecule is CNCC(C)C(=O)N(C1CC1)C(C)c1ccccc1F.Cl. The van der Waals surface area contributed by atoms with E-state index in [0.717, 1.165) is 12.8 Å². The summed E-state index contributed by atoms with van der Waals surface area (Å²) in [7, 11) is 1.84. The fourth-order valence-electron chi connectivity index (χ4n) is 2.65. The summed E-state index contributed by atoms with van der Waals surface area (Å²) in [6, 6.07) is 6.79. The Morgan fingerprint density at radius 3 is 2.52 bits per heavy atom. The van der Waals surface area contributed by atoms with E-state index in [9.17, 15) is 9.18 Å². The first-order valence-corrected chi connectivity index (χ1v) is 7.27. The van der Waals surface area contributed by atoms with Crippen molar-refractivity contribution in [3.63, 3.8) is 0 Å². The van der Waals surface area contributed by atoms with Gasteiger partial charge in [-0.3, -0.25) is 4.79 Å². The number of carbonyl (C=O) groups is 1. The molecule has 3 nitrogen and oxygen atoms in total. The zero-order valence-corrected chi connectivity index (χ0v) is 13.6.